The van der Waals surface area contributed by atoms with E-state index in [0.717, 1.165) is 16.5 Å². The minimum absolute atomic E-state index is 0.301. The summed E-state index contributed by atoms with van der Waals surface area (Å²) in [6.07, 6.45) is 2.38. The van der Waals surface area contributed by atoms with Gasteiger partial charge >= 0.3 is 5.69 Å². The quantitative estimate of drug-likeness (QED) is 0.456. The highest BCUT2D eigenvalue weighted by atomic mass is 79.9. The van der Waals surface area contributed by atoms with Gasteiger partial charge < -0.3 is 9.30 Å². The van der Waals surface area contributed by atoms with Gasteiger partial charge in [-0.15, -0.1) is 0 Å². The fourth-order valence-electron chi connectivity index (χ4n) is 2.73. The number of benzene rings is 1. The largest absolute Gasteiger partial charge is 0.496 e. The predicted octanol–water partition coefficient (Wildman–Crippen LogP) is 2.05. The van der Waals surface area contributed by atoms with Crippen molar-refractivity contribution in [3.05, 3.63) is 49.1 Å². The Kier molecular flexibility index (Phi) is 5.45. The van der Waals surface area contributed by atoms with Gasteiger partial charge in [-0.3, -0.25) is 14.3 Å². The van der Waals surface area contributed by atoms with E-state index in [-0.39, 0.29) is 0 Å². The van der Waals surface area contributed by atoms with Gasteiger partial charge in [0.15, 0.2) is 11.2 Å². The fraction of sp³-hybridized carbons (Fsp3) is 0.294. The Hall–Kier alpha value is -2.88. The van der Waals surface area contributed by atoms with E-state index >= 15 is 0 Å². The second-order valence-electron chi connectivity index (χ2n) is 5.83. The SMILES string of the molecule is CCCn1c(N/N=C\c2cc(Br)ccc2OC)nc2c1c(=O)[nH]c(=O)n2C. The zero-order chi connectivity index (χ0) is 19.6. The van der Waals surface area contributed by atoms with Crippen LogP contribution in [0.25, 0.3) is 11.2 Å². The van der Waals surface area contributed by atoms with Crippen LogP contribution in [0, 0.1) is 0 Å². The summed E-state index contributed by atoms with van der Waals surface area (Å²) in [7, 11) is 3.14. The summed E-state index contributed by atoms with van der Waals surface area (Å²) in [4.78, 5) is 30.8. The van der Waals surface area contributed by atoms with Crippen molar-refractivity contribution in [2.75, 3.05) is 12.5 Å². The molecule has 0 fully saturated rings. The summed E-state index contributed by atoms with van der Waals surface area (Å²) in [5.74, 6) is 1.05. The molecule has 3 aromatic rings. The average Bonchev–Trinajstić information content (AvgIpc) is 2.99. The standard InChI is InChI=1S/C17H19BrN6O3/c1-4-7-24-13-14(23(2)17(26)21-15(13)25)20-16(24)22-19-9-10-8-11(18)5-6-12(10)27-3/h5-6,8-9H,4,7H2,1-3H3,(H,20,22)(H,21,25,26)/b19-9-. The zero-order valence-electron chi connectivity index (χ0n) is 15.1. The molecule has 0 aliphatic heterocycles. The number of hydrazone groups is 1. The summed E-state index contributed by atoms with van der Waals surface area (Å²) >= 11 is 3.42. The highest BCUT2D eigenvalue weighted by Gasteiger charge is 2.16. The van der Waals surface area contributed by atoms with Crippen LogP contribution in [0.4, 0.5) is 5.95 Å². The van der Waals surface area contributed by atoms with Crippen LogP contribution in [0.15, 0.2) is 37.4 Å². The molecule has 2 N–H and O–H groups in total. The third-order valence-electron chi connectivity index (χ3n) is 4.01. The normalized spacial score (nSPS) is 11.4. The lowest BCUT2D eigenvalue weighted by atomic mass is 10.2. The second-order valence-corrected chi connectivity index (χ2v) is 6.75. The summed E-state index contributed by atoms with van der Waals surface area (Å²) in [6, 6.07) is 5.57. The number of aromatic amines is 1. The summed E-state index contributed by atoms with van der Waals surface area (Å²) < 4.78 is 9.22. The number of imidazole rings is 1. The maximum atomic E-state index is 12.3. The molecule has 0 aliphatic rings. The number of nitrogens with one attached hydrogen (secondary N) is 2. The maximum Gasteiger partial charge on any atom is 0.329 e. The van der Waals surface area contributed by atoms with Crippen LogP contribution in [0.2, 0.25) is 0 Å². The number of hydrogen-bond donors (Lipinski definition) is 2. The lowest BCUT2D eigenvalue weighted by Gasteiger charge is -2.07. The van der Waals surface area contributed by atoms with Crippen LogP contribution in [-0.2, 0) is 13.6 Å². The summed E-state index contributed by atoms with van der Waals surface area (Å²) in [6.45, 7) is 2.54. The zero-order valence-corrected chi connectivity index (χ0v) is 16.7. The third-order valence-corrected chi connectivity index (χ3v) is 4.51. The first kappa shape index (κ1) is 18.9. The first-order valence-corrected chi connectivity index (χ1v) is 9.07. The Balaban J connectivity index is 2.02. The van der Waals surface area contributed by atoms with Crippen LogP contribution >= 0.6 is 15.9 Å². The molecule has 0 aliphatic carbocycles. The number of H-pyrrole nitrogens is 1. The number of aromatic nitrogens is 4. The first-order valence-electron chi connectivity index (χ1n) is 8.28. The molecule has 2 aromatic heterocycles. The molecule has 9 nitrogen and oxygen atoms in total. The molecule has 142 valence electrons. The van der Waals surface area contributed by atoms with Gasteiger partial charge in [-0.1, -0.05) is 22.9 Å². The molecule has 0 saturated heterocycles. The number of aryl methyl sites for hydroxylation is 2. The van der Waals surface area contributed by atoms with E-state index < -0.39 is 11.2 Å². The Morgan fingerprint density at radius 1 is 1.41 bits per heavy atom. The van der Waals surface area contributed by atoms with Crippen molar-refractivity contribution in [1.82, 2.24) is 19.1 Å². The summed E-state index contributed by atoms with van der Waals surface area (Å²) in [5, 5.41) is 4.22. The van der Waals surface area contributed by atoms with Gasteiger partial charge in [0, 0.05) is 23.6 Å². The van der Waals surface area contributed by atoms with E-state index in [2.05, 4.69) is 36.4 Å². The second kappa shape index (κ2) is 7.78. The highest BCUT2D eigenvalue weighted by molar-refractivity contribution is 9.10. The maximum absolute atomic E-state index is 12.3. The molecule has 0 amide bonds. The Labute approximate surface area is 162 Å². The monoisotopic (exact) mass is 434 g/mol. The van der Waals surface area contributed by atoms with E-state index in [4.69, 9.17) is 4.74 Å². The van der Waals surface area contributed by atoms with Gasteiger partial charge in [0.1, 0.15) is 5.75 Å². The Morgan fingerprint density at radius 2 is 2.19 bits per heavy atom. The van der Waals surface area contributed by atoms with Gasteiger partial charge in [0.05, 0.1) is 13.3 Å². The van der Waals surface area contributed by atoms with E-state index in [0.29, 0.717) is 29.4 Å². The van der Waals surface area contributed by atoms with E-state index in [1.807, 2.05) is 25.1 Å². The van der Waals surface area contributed by atoms with Gasteiger partial charge in [-0.2, -0.15) is 10.1 Å². The van der Waals surface area contributed by atoms with Crippen molar-refractivity contribution < 1.29 is 4.74 Å². The molecule has 10 heteroatoms. The molecule has 0 spiro atoms. The van der Waals surface area contributed by atoms with Crippen molar-refractivity contribution in [3.63, 3.8) is 0 Å². The lowest BCUT2D eigenvalue weighted by molar-refractivity contribution is 0.414. The Morgan fingerprint density at radius 3 is 2.89 bits per heavy atom. The molecule has 27 heavy (non-hydrogen) atoms. The number of rotatable bonds is 6. The van der Waals surface area contributed by atoms with E-state index in [9.17, 15) is 9.59 Å². The van der Waals surface area contributed by atoms with E-state index in [1.165, 1.54) is 4.57 Å². The number of hydrogen-bond acceptors (Lipinski definition) is 6. The van der Waals surface area contributed by atoms with Crippen molar-refractivity contribution in [2.45, 2.75) is 19.9 Å². The van der Waals surface area contributed by atoms with Crippen LogP contribution < -0.4 is 21.4 Å². The molecule has 3 rings (SSSR count). The number of ether oxygens (including phenoxy) is 1. The number of halogens is 1. The van der Waals surface area contributed by atoms with Crippen LogP contribution in [0.5, 0.6) is 5.75 Å². The molecule has 2 heterocycles. The minimum atomic E-state index is -0.512. The number of fused-ring (bicyclic) bond motifs is 1. The fourth-order valence-corrected chi connectivity index (χ4v) is 3.11. The molecule has 0 saturated carbocycles. The lowest BCUT2D eigenvalue weighted by Crippen LogP contribution is -2.29. The Bertz CT molecular complexity index is 1130. The third kappa shape index (κ3) is 3.65. The average molecular weight is 435 g/mol. The smallest absolute Gasteiger partial charge is 0.329 e. The summed E-state index contributed by atoms with van der Waals surface area (Å²) in [5.41, 5.74) is 3.28. The van der Waals surface area contributed by atoms with Crippen molar-refractivity contribution in [2.24, 2.45) is 12.1 Å². The molecular formula is C17H19BrN6O3. The number of nitrogens with zero attached hydrogens (tertiary/aromatic N) is 4. The highest BCUT2D eigenvalue weighted by Crippen LogP contribution is 2.21. The molecule has 1 aromatic carbocycles. The van der Waals surface area contributed by atoms with Crippen LogP contribution in [-0.4, -0.2) is 32.4 Å². The van der Waals surface area contributed by atoms with Crippen molar-refractivity contribution in [3.8, 4) is 5.75 Å². The minimum Gasteiger partial charge on any atom is -0.496 e. The molecule has 0 bridgehead atoms. The predicted molar refractivity (Wildman–Crippen MR) is 108 cm³/mol. The van der Waals surface area contributed by atoms with Gasteiger partial charge in [0.2, 0.25) is 5.95 Å². The molecule has 0 radical (unpaired) electrons. The van der Waals surface area contributed by atoms with Crippen LogP contribution in [0.1, 0.15) is 18.9 Å². The topological polar surface area (TPSA) is 106 Å². The first-order chi connectivity index (χ1) is 13.0. The van der Waals surface area contributed by atoms with Crippen molar-refractivity contribution in [1.29, 1.82) is 0 Å². The van der Waals surface area contributed by atoms with E-state index in [1.54, 1.807) is 24.9 Å². The molecule has 0 unspecified atom stereocenters. The van der Waals surface area contributed by atoms with Gasteiger partial charge in [-0.25, -0.2) is 10.2 Å². The van der Waals surface area contributed by atoms with Gasteiger partial charge in [0.25, 0.3) is 5.56 Å². The van der Waals surface area contributed by atoms with Crippen LogP contribution in [0.3, 0.4) is 0 Å². The number of methoxy groups -OCH3 is 1. The van der Waals surface area contributed by atoms with Gasteiger partial charge in [-0.05, 0) is 24.6 Å². The molecule has 0 atom stereocenters. The number of anilines is 1. The molecular weight excluding hydrogens is 416 g/mol. The van der Waals surface area contributed by atoms with Crippen molar-refractivity contribution >= 4 is 39.3 Å².